The Morgan fingerprint density at radius 1 is 0.742 bits per heavy atom. The second-order valence-electron chi connectivity index (χ2n) is 9.97. The number of ether oxygens (including phenoxy) is 2. The molecule has 1 unspecified atom stereocenters. The Kier molecular flexibility index (Phi) is 7.97. The van der Waals surface area contributed by atoms with Crippen molar-refractivity contribution < 1.29 is 14.3 Å². The van der Waals surface area contributed by atoms with E-state index in [0.717, 1.165) is 31.4 Å². The summed E-state index contributed by atoms with van der Waals surface area (Å²) in [6, 6.07) is 16.4. The van der Waals surface area contributed by atoms with Crippen molar-refractivity contribution in [2.45, 2.75) is 92.1 Å². The first-order valence-electron chi connectivity index (χ1n) is 11.6. The van der Waals surface area contributed by atoms with Gasteiger partial charge >= 0.3 is 5.97 Å². The fourth-order valence-corrected chi connectivity index (χ4v) is 3.72. The standard InChI is InChI=1S/C28H40O3/c1-9-20-26(4,5)25(29)30-23-16-12-21(13-17-23)28(8,11-3)22-14-18-24(19-15-22)31-27(6,7)10-2/h12-19H,9-11,20H2,1-8H3. The van der Waals surface area contributed by atoms with E-state index in [1.165, 1.54) is 11.1 Å². The molecule has 1 atom stereocenters. The summed E-state index contributed by atoms with van der Waals surface area (Å²) in [6.07, 6.45) is 3.67. The predicted octanol–water partition coefficient (Wildman–Crippen LogP) is 7.70. The van der Waals surface area contributed by atoms with Crippen molar-refractivity contribution >= 4 is 5.97 Å². The van der Waals surface area contributed by atoms with Crippen molar-refractivity contribution in [2.75, 3.05) is 0 Å². The highest BCUT2D eigenvalue weighted by molar-refractivity contribution is 5.78. The molecule has 0 radical (unpaired) electrons. The van der Waals surface area contributed by atoms with Crippen LogP contribution in [0.15, 0.2) is 48.5 Å². The molecule has 170 valence electrons. The maximum Gasteiger partial charge on any atom is 0.316 e. The third-order valence-electron chi connectivity index (χ3n) is 6.57. The van der Waals surface area contributed by atoms with Gasteiger partial charge in [-0.3, -0.25) is 4.79 Å². The van der Waals surface area contributed by atoms with Gasteiger partial charge in [0.25, 0.3) is 0 Å². The Labute approximate surface area is 189 Å². The van der Waals surface area contributed by atoms with Gasteiger partial charge in [0.15, 0.2) is 0 Å². The molecule has 0 amide bonds. The number of esters is 1. The van der Waals surface area contributed by atoms with Crippen molar-refractivity contribution in [3.8, 4) is 11.5 Å². The van der Waals surface area contributed by atoms with Crippen LogP contribution in [0.1, 0.15) is 92.2 Å². The van der Waals surface area contributed by atoms with E-state index in [4.69, 9.17) is 9.47 Å². The number of benzene rings is 2. The highest BCUT2D eigenvalue weighted by Crippen LogP contribution is 2.37. The molecule has 0 saturated carbocycles. The van der Waals surface area contributed by atoms with E-state index in [1.54, 1.807) is 0 Å². The lowest BCUT2D eigenvalue weighted by atomic mass is 9.74. The minimum Gasteiger partial charge on any atom is -0.488 e. The first-order chi connectivity index (χ1) is 14.5. The van der Waals surface area contributed by atoms with Crippen molar-refractivity contribution in [1.82, 2.24) is 0 Å². The van der Waals surface area contributed by atoms with Gasteiger partial charge in [0, 0.05) is 5.41 Å². The quantitative estimate of drug-likeness (QED) is 0.289. The van der Waals surface area contributed by atoms with Crippen molar-refractivity contribution in [1.29, 1.82) is 0 Å². The van der Waals surface area contributed by atoms with Crippen LogP contribution in [0.4, 0.5) is 0 Å². The van der Waals surface area contributed by atoms with Crippen LogP contribution in [0.25, 0.3) is 0 Å². The van der Waals surface area contributed by atoms with Crippen LogP contribution >= 0.6 is 0 Å². The fraction of sp³-hybridized carbons (Fsp3) is 0.536. The smallest absolute Gasteiger partial charge is 0.316 e. The minimum atomic E-state index is -0.471. The van der Waals surface area contributed by atoms with Crippen LogP contribution < -0.4 is 9.47 Å². The molecular weight excluding hydrogens is 384 g/mol. The second-order valence-corrected chi connectivity index (χ2v) is 9.97. The zero-order valence-corrected chi connectivity index (χ0v) is 20.7. The molecule has 0 heterocycles. The summed E-state index contributed by atoms with van der Waals surface area (Å²) < 4.78 is 11.8. The summed E-state index contributed by atoms with van der Waals surface area (Å²) in [5.74, 6) is 1.32. The molecule has 3 heteroatoms. The lowest BCUT2D eigenvalue weighted by Gasteiger charge is -2.31. The summed E-state index contributed by atoms with van der Waals surface area (Å²) in [5.41, 5.74) is 1.66. The zero-order chi connectivity index (χ0) is 23.3. The molecule has 0 saturated heterocycles. The molecule has 3 nitrogen and oxygen atoms in total. The van der Waals surface area contributed by atoms with Gasteiger partial charge in [-0.15, -0.1) is 0 Å². The largest absolute Gasteiger partial charge is 0.488 e. The Hall–Kier alpha value is -2.29. The average Bonchev–Trinajstić information content (AvgIpc) is 2.74. The van der Waals surface area contributed by atoms with E-state index in [1.807, 2.05) is 26.0 Å². The van der Waals surface area contributed by atoms with Crippen molar-refractivity contribution in [2.24, 2.45) is 5.41 Å². The molecule has 0 aliphatic rings. The molecule has 0 N–H and O–H groups in total. The van der Waals surface area contributed by atoms with E-state index in [9.17, 15) is 4.79 Å². The highest BCUT2D eigenvalue weighted by atomic mass is 16.5. The molecule has 2 aromatic rings. The molecule has 0 bridgehead atoms. The van der Waals surface area contributed by atoms with E-state index in [2.05, 4.69) is 77.9 Å². The predicted molar refractivity (Wildman–Crippen MR) is 129 cm³/mol. The van der Waals surface area contributed by atoms with Crippen LogP contribution in [0, 0.1) is 5.41 Å². The molecule has 0 aliphatic heterocycles. The van der Waals surface area contributed by atoms with Gasteiger partial charge in [0.2, 0.25) is 0 Å². The van der Waals surface area contributed by atoms with Crippen LogP contribution in [0.2, 0.25) is 0 Å². The van der Waals surface area contributed by atoms with Crippen LogP contribution in [0.3, 0.4) is 0 Å². The Morgan fingerprint density at radius 3 is 1.65 bits per heavy atom. The normalized spacial score (nSPS) is 14.1. The number of carbonyl (C=O) groups is 1. The van der Waals surface area contributed by atoms with E-state index >= 15 is 0 Å². The number of rotatable bonds is 10. The van der Waals surface area contributed by atoms with E-state index < -0.39 is 5.41 Å². The van der Waals surface area contributed by atoms with Gasteiger partial charge in [0.05, 0.1) is 5.41 Å². The number of hydrogen-bond acceptors (Lipinski definition) is 3. The van der Waals surface area contributed by atoms with E-state index in [0.29, 0.717) is 5.75 Å². The Balaban J connectivity index is 2.20. The van der Waals surface area contributed by atoms with Gasteiger partial charge in [-0.05, 0) is 82.3 Å². The van der Waals surface area contributed by atoms with Gasteiger partial charge in [-0.1, -0.05) is 58.4 Å². The third-order valence-corrected chi connectivity index (χ3v) is 6.57. The monoisotopic (exact) mass is 424 g/mol. The summed E-state index contributed by atoms with van der Waals surface area (Å²) in [7, 11) is 0. The van der Waals surface area contributed by atoms with Crippen LogP contribution in [0.5, 0.6) is 11.5 Å². The van der Waals surface area contributed by atoms with Crippen molar-refractivity contribution in [3.63, 3.8) is 0 Å². The maximum atomic E-state index is 12.5. The third kappa shape index (κ3) is 6.12. The number of hydrogen-bond donors (Lipinski definition) is 0. The van der Waals surface area contributed by atoms with Gasteiger partial charge < -0.3 is 9.47 Å². The molecule has 0 spiro atoms. The first-order valence-corrected chi connectivity index (χ1v) is 11.6. The highest BCUT2D eigenvalue weighted by Gasteiger charge is 2.30. The second kappa shape index (κ2) is 9.89. The zero-order valence-electron chi connectivity index (χ0n) is 20.7. The van der Waals surface area contributed by atoms with Crippen molar-refractivity contribution in [3.05, 3.63) is 59.7 Å². The van der Waals surface area contributed by atoms with Gasteiger partial charge in [-0.25, -0.2) is 0 Å². The summed E-state index contributed by atoms with van der Waals surface area (Å²) in [5, 5.41) is 0. The molecule has 2 aromatic carbocycles. The molecule has 31 heavy (non-hydrogen) atoms. The Morgan fingerprint density at radius 2 is 1.23 bits per heavy atom. The summed E-state index contributed by atoms with van der Waals surface area (Å²) in [6.45, 7) is 16.8. The fourth-order valence-electron chi connectivity index (χ4n) is 3.72. The average molecular weight is 425 g/mol. The molecular formula is C28H40O3. The SMILES string of the molecule is CCCC(C)(C)C(=O)Oc1ccc(C(C)(CC)c2ccc(OC(C)(C)CC)cc2)cc1. The summed E-state index contributed by atoms with van der Waals surface area (Å²) >= 11 is 0. The number of carbonyl (C=O) groups excluding carboxylic acids is 1. The Bertz CT molecular complexity index is 847. The summed E-state index contributed by atoms with van der Waals surface area (Å²) in [4.78, 5) is 12.5. The van der Waals surface area contributed by atoms with Crippen LogP contribution in [-0.2, 0) is 10.2 Å². The molecule has 0 aliphatic carbocycles. The topological polar surface area (TPSA) is 35.5 Å². The van der Waals surface area contributed by atoms with Crippen LogP contribution in [-0.4, -0.2) is 11.6 Å². The van der Waals surface area contributed by atoms with Gasteiger partial charge in [0.1, 0.15) is 17.1 Å². The van der Waals surface area contributed by atoms with Gasteiger partial charge in [-0.2, -0.15) is 0 Å². The first kappa shape index (κ1) is 25.0. The molecule has 0 aromatic heterocycles. The molecule has 2 rings (SSSR count). The molecule has 0 fully saturated rings. The lowest BCUT2D eigenvalue weighted by molar-refractivity contribution is -0.144. The lowest BCUT2D eigenvalue weighted by Crippen LogP contribution is -2.29. The maximum absolute atomic E-state index is 12.5. The van der Waals surface area contributed by atoms with E-state index in [-0.39, 0.29) is 17.0 Å². The minimum absolute atomic E-state index is 0.136.